The van der Waals surface area contributed by atoms with Crippen LogP contribution in [-0.4, -0.2) is 24.2 Å². The van der Waals surface area contributed by atoms with E-state index < -0.39 is 0 Å². The lowest BCUT2D eigenvalue weighted by Gasteiger charge is -2.30. The summed E-state index contributed by atoms with van der Waals surface area (Å²) in [6, 6.07) is 8.29. The highest BCUT2D eigenvalue weighted by Crippen LogP contribution is 2.30. The van der Waals surface area contributed by atoms with Crippen LogP contribution >= 0.6 is 11.3 Å². The van der Waals surface area contributed by atoms with Crippen molar-refractivity contribution in [2.24, 2.45) is 5.92 Å². The topological polar surface area (TPSA) is 34.2 Å². The fourth-order valence-corrected chi connectivity index (χ4v) is 3.55. The van der Waals surface area contributed by atoms with Gasteiger partial charge in [0.25, 0.3) is 0 Å². The van der Waals surface area contributed by atoms with Gasteiger partial charge in [0.05, 0.1) is 16.3 Å². The summed E-state index contributed by atoms with van der Waals surface area (Å²) in [5.41, 5.74) is 1.08. The standard InChI is InChI=1S/C15H20N2OS/c1-10(2)7-11-8-16-9-13(18-11)15-17-12-5-3-4-6-14(12)19-15/h3-6,10-11,13,16H,7-9H2,1-2H3. The molecule has 1 fully saturated rings. The lowest BCUT2D eigenvalue weighted by Crippen LogP contribution is -2.41. The minimum atomic E-state index is 0.106. The summed E-state index contributed by atoms with van der Waals surface area (Å²) in [5.74, 6) is 0.668. The smallest absolute Gasteiger partial charge is 0.124 e. The first kappa shape index (κ1) is 13.0. The molecular formula is C15H20N2OS. The molecule has 1 N–H and O–H groups in total. The highest BCUT2D eigenvalue weighted by Gasteiger charge is 2.26. The van der Waals surface area contributed by atoms with Crippen molar-refractivity contribution in [3.8, 4) is 0 Å². The Morgan fingerprint density at radius 1 is 1.37 bits per heavy atom. The number of para-hydroxylation sites is 1. The molecule has 0 radical (unpaired) electrons. The van der Waals surface area contributed by atoms with E-state index in [9.17, 15) is 0 Å². The van der Waals surface area contributed by atoms with Gasteiger partial charge in [-0.25, -0.2) is 4.98 Å². The number of rotatable bonds is 3. The molecule has 1 aromatic carbocycles. The van der Waals surface area contributed by atoms with E-state index in [0.717, 1.165) is 30.0 Å². The predicted octanol–water partition coefficient (Wildman–Crippen LogP) is 3.37. The molecule has 0 spiro atoms. The zero-order valence-corrected chi connectivity index (χ0v) is 12.2. The minimum absolute atomic E-state index is 0.106. The molecule has 19 heavy (non-hydrogen) atoms. The molecule has 1 aliphatic heterocycles. The maximum atomic E-state index is 6.20. The monoisotopic (exact) mass is 276 g/mol. The Morgan fingerprint density at radius 2 is 2.21 bits per heavy atom. The maximum Gasteiger partial charge on any atom is 0.124 e. The van der Waals surface area contributed by atoms with Crippen LogP contribution in [0.1, 0.15) is 31.4 Å². The SMILES string of the molecule is CC(C)CC1CNCC(c2nc3ccccc3s2)O1. The molecule has 1 saturated heterocycles. The summed E-state index contributed by atoms with van der Waals surface area (Å²) in [7, 11) is 0. The summed E-state index contributed by atoms with van der Waals surface area (Å²) >= 11 is 1.75. The molecule has 2 aromatic rings. The van der Waals surface area contributed by atoms with Gasteiger partial charge in [-0.15, -0.1) is 11.3 Å². The summed E-state index contributed by atoms with van der Waals surface area (Å²) in [6.45, 7) is 6.31. The number of benzene rings is 1. The number of nitrogens with zero attached hydrogens (tertiary/aromatic N) is 1. The molecule has 3 nitrogen and oxygen atoms in total. The second kappa shape index (κ2) is 5.57. The highest BCUT2D eigenvalue weighted by atomic mass is 32.1. The van der Waals surface area contributed by atoms with Crippen LogP contribution in [0.5, 0.6) is 0 Å². The maximum absolute atomic E-state index is 6.20. The zero-order valence-electron chi connectivity index (χ0n) is 11.4. The summed E-state index contributed by atoms with van der Waals surface area (Å²) in [6.07, 6.45) is 1.52. The third-order valence-electron chi connectivity index (χ3n) is 3.38. The van der Waals surface area contributed by atoms with Crippen LogP contribution in [0.2, 0.25) is 0 Å². The Bertz CT molecular complexity index is 519. The van der Waals surface area contributed by atoms with Gasteiger partial charge in [-0.05, 0) is 24.5 Å². The van der Waals surface area contributed by atoms with Crippen molar-refractivity contribution in [1.82, 2.24) is 10.3 Å². The molecule has 0 amide bonds. The summed E-state index contributed by atoms with van der Waals surface area (Å²) in [4.78, 5) is 4.70. The third-order valence-corrected chi connectivity index (χ3v) is 4.51. The Hall–Kier alpha value is -0.970. The predicted molar refractivity (Wildman–Crippen MR) is 79.6 cm³/mol. The van der Waals surface area contributed by atoms with Gasteiger partial charge < -0.3 is 10.1 Å². The number of ether oxygens (including phenoxy) is 1. The zero-order chi connectivity index (χ0) is 13.2. The van der Waals surface area contributed by atoms with E-state index in [1.165, 1.54) is 4.70 Å². The fraction of sp³-hybridized carbons (Fsp3) is 0.533. The quantitative estimate of drug-likeness (QED) is 0.933. The lowest BCUT2D eigenvalue weighted by atomic mass is 10.0. The van der Waals surface area contributed by atoms with Gasteiger partial charge in [0.15, 0.2) is 0 Å². The number of nitrogens with one attached hydrogen (secondary N) is 1. The van der Waals surface area contributed by atoms with Crippen molar-refractivity contribution in [3.63, 3.8) is 0 Å². The number of hydrogen-bond donors (Lipinski definition) is 1. The summed E-state index contributed by atoms with van der Waals surface area (Å²) < 4.78 is 7.44. The Kier molecular flexibility index (Phi) is 3.82. The molecular weight excluding hydrogens is 256 g/mol. The van der Waals surface area contributed by atoms with E-state index in [0.29, 0.717) is 12.0 Å². The minimum Gasteiger partial charge on any atom is -0.365 e. The molecule has 1 aromatic heterocycles. The average molecular weight is 276 g/mol. The highest BCUT2D eigenvalue weighted by molar-refractivity contribution is 7.18. The first-order valence-electron chi connectivity index (χ1n) is 6.94. The van der Waals surface area contributed by atoms with Gasteiger partial charge in [0, 0.05) is 13.1 Å². The van der Waals surface area contributed by atoms with Crippen LogP contribution < -0.4 is 5.32 Å². The van der Waals surface area contributed by atoms with E-state index in [1.54, 1.807) is 11.3 Å². The van der Waals surface area contributed by atoms with Crippen molar-refractivity contribution in [3.05, 3.63) is 29.3 Å². The second-order valence-corrected chi connectivity index (χ2v) is 6.62. The van der Waals surface area contributed by atoms with Crippen LogP contribution in [0.3, 0.4) is 0 Å². The molecule has 0 saturated carbocycles. The van der Waals surface area contributed by atoms with E-state index >= 15 is 0 Å². The molecule has 102 valence electrons. The van der Waals surface area contributed by atoms with E-state index in [1.807, 2.05) is 6.07 Å². The number of morpholine rings is 1. The van der Waals surface area contributed by atoms with Crippen molar-refractivity contribution in [2.45, 2.75) is 32.5 Å². The van der Waals surface area contributed by atoms with Gasteiger partial charge >= 0.3 is 0 Å². The number of fused-ring (bicyclic) bond motifs is 1. The van der Waals surface area contributed by atoms with Crippen LogP contribution in [0.4, 0.5) is 0 Å². The van der Waals surface area contributed by atoms with E-state index in [-0.39, 0.29) is 6.10 Å². The Morgan fingerprint density at radius 3 is 3.00 bits per heavy atom. The van der Waals surface area contributed by atoms with E-state index in [4.69, 9.17) is 9.72 Å². The van der Waals surface area contributed by atoms with Crippen LogP contribution in [0.25, 0.3) is 10.2 Å². The molecule has 2 heterocycles. The molecule has 0 aliphatic carbocycles. The Balaban J connectivity index is 1.77. The molecule has 2 atom stereocenters. The first-order chi connectivity index (χ1) is 9.22. The van der Waals surface area contributed by atoms with Gasteiger partial charge in [-0.2, -0.15) is 0 Å². The third kappa shape index (κ3) is 2.96. The van der Waals surface area contributed by atoms with Crippen molar-refractivity contribution >= 4 is 21.6 Å². The van der Waals surface area contributed by atoms with Crippen molar-refractivity contribution in [2.75, 3.05) is 13.1 Å². The van der Waals surface area contributed by atoms with Crippen LogP contribution in [0, 0.1) is 5.92 Å². The number of thiazole rings is 1. The molecule has 3 rings (SSSR count). The van der Waals surface area contributed by atoms with Crippen LogP contribution in [0.15, 0.2) is 24.3 Å². The van der Waals surface area contributed by atoms with Crippen molar-refractivity contribution < 1.29 is 4.74 Å². The normalized spacial score (nSPS) is 24.2. The van der Waals surface area contributed by atoms with Gasteiger partial charge in [-0.1, -0.05) is 26.0 Å². The van der Waals surface area contributed by atoms with Gasteiger partial charge in [0.2, 0.25) is 0 Å². The molecule has 0 bridgehead atoms. The average Bonchev–Trinajstić information content (AvgIpc) is 2.82. The molecule has 2 unspecified atom stereocenters. The fourth-order valence-electron chi connectivity index (χ4n) is 2.54. The number of aromatic nitrogens is 1. The van der Waals surface area contributed by atoms with Crippen LogP contribution in [-0.2, 0) is 4.74 Å². The largest absolute Gasteiger partial charge is 0.365 e. The second-order valence-electron chi connectivity index (χ2n) is 5.55. The summed E-state index contributed by atoms with van der Waals surface area (Å²) in [5, 5.41) is 4.57. The van der Waals surface area contributed by atoms with Gasteiger partial charge in [0.1, 0.15) is 11.1 Å². The first-order valence-corrected chi connectivity index (χ1v) is 7.75. The lowest BCUT2D eigenvalue weighted by molar-refractivity contribution is -0.0473. The molecule has 4 heteroatoms. The van der Waals surface area contributed by atoms with Gasteiger partial charge in [-0.3, -0.25) is 0 Å². The Labute approximate surface area is 118 Å². The van der Waals surface area contributed by atoms with E-state index in [2.05, 4.69) is 37.4 Å². The molecule has 1 aliphatic rings. The van der Waals surface area contributed by atoms with Crippen molar-refractivity contribution in [1.29, 1.82) is 0 Å². The number of hydrogen-bond acceptors (Lipinski definition) is 4.